The third-order valence-corrected chi connectivity index (χ3v) is 4.06. The molecule has 0 saturated carbocycles. The number of aryl methyl sites for hydroxylation is 2. The van der Waals surface area contributed by atoms with Crippen molar-refractivity contribution in [3.8, 4) is 11.5 Å². The van der Waals surface area contributed by atoms with Gasteiger partial charge >= 0.3 is 5.97 Å². The molecular weight excluding hydrogens is 362 g/mol. The summed E-state index contributed by atoms with van der Waals surface area (Å²) >= 11 is 6.00. The Balaban J connectivity index is 1.88. The Morgan fingerprint density at radius 2 is 1.92 bits per heavy atom. The molecule has 0 aliphatic heterocycles. The average molecular weight is 382 g/mol. The molecule has 1 aromatic heterocycles. The topological polar surface area (TPSA) is 91.7 Å². The molecule has 0 bridgehead atoms. The molecule has 0 spiro atoms. The van der Waals surface area contributed by atoms with Crippen LogP contribution in [0.5, 0.6) is 11.5 Å². The molecule has 0 saturated heterocycles. The van der Waals surface area contributed by atoms with Gasteiger partial charge in [0.1, 0.15) is 10.7 Å². The van der Waals surface area contributed by atoms with E-state index < -0.39 is 18.5 Å². The highest BCUT2D eigenvalue weighted by Crippen LogP contribution is 2.27. The normalized spacial score (nSPS) is 10.3. The summed E-state index contributed by atoms with van der Waals surface area (Å²) in [6, 6.07) is 5.30. The number of methoxy groups -OCH3 is 2. The second-order valence-corrected chi connectivity index (χ2v) is 5.78. The van der Waals surface area contributed by atoms with Gasteiger partial charge in [-0.3, -0.25) is 9.48 Å². The molecule has 0 fully saturated rings. The van der Waals surface area contributed by atoms with Gasteiger partial charge in [0, 0.05) is 13.6 Å². The van der Waals surface area contributed by atoms with E-state index in [-0.39, 0.29) is 17.3 Å². The number of carbonyl (C=O) groups excluding carboxylic acids is 2. The number of nitrogens with one attached hydrogen (secondary N) is 1. The monoisotopic (exact) mass is 381 g/mol. The lowest BCUT2D eigenvalue weighted by atomic mass is 10.2. The van der Waals surface area contributed by atoms with Gasteiger partial charge in [-0.2, -0.15) is 5.10 Å². The van der Waals surface area contributed by atoms with Gasteiger partial charge in [-0.15, -0.1) is 0 Å². The van der Waals surface area contributed by atoms with Gasteiger partial charge in [-0.1, -0.05) is 17.7 Å². The SMILES string of the molecule is COc1ccc(CNC(=O)COC(=O)c2c(C)nn(C)c2Cl)cc1OC. The third-order valence-electron chi connectivity index (χ3n) is 3.63. The van der Waals surface area contributed by atoms with Crippen LogP contribution >= 0.6 is 11.6 Å². The van der Waals surface area contributed by atoms with Gasteiger partial charge in [0.05, 0.1) is 19.9 Å². The molecule has 26 heavy (non-hydrogen) atoms. The summed E-state index contributed by atoms with van der Waals surface area (Å²) in [6.45, 7) is 1.47. The molecule has 1 amide bonds. The summed E-state index contributed by atoms with van der Waals surface area (Å²) in [5.74, 6) is 0.0280. The van der Waals surface area contributed by atoms with Crippen molar-refractivity contribution in [1.82, 2.24) is 15.1 Å². The quantitative estimate of drug-likeness (QED) is 0.736. The van der Waals surface area contributed by atoms with Crippen LogP contribution in [0.3, 0.4) is 0 Å². The number of aromatic nitrogens is 2. The molecule has 1 aromatic carbocycles. The van der Waals surface area contributed by atoms with E-state index in [4.69, 9.17) is 25.8 Å². The molecule has 0 aliphatic rings. The number of benzene rings is 1. The molecule has 140 valence electrons. The lowest BCUT2D eigenvalue weighted by Crippen LogP contribution is -2.28. The van der Waals surface area contributed by atoms with Crippen molar-refractivity contribution in [2.75, 3.05) is 20.8 Å². The zero-order valence-corrected chi connectivity index (χ0v) is 15.7. The largest absolute Gasteiger partial charge is 0.493 e. The maximum atomic E-state index is 12.1. The minimum Gasteiger partial charge on any atom is -0.493 e. The molecule has 2 aromatic rings. The van der Waals surface area contributed by atoms with Gasteiger partial charge in [0.15, 0.2) is 18.1 Å². The molecule has 8 nitrogen and oxygen atoms in total. The fourth-order valence-corrected chi connectivity index (χ4v) is 2.56. The van der Waals surface area contributed by atoms with Crippen molar-refractivity contribution in [1.29, 1.82) is 0 Å². The van der Waals surface area contributed by atoms with Crippen molar-refractivity contribution in [2.24, 2.45) is 7.05 Å². The molecule has 2 rings (SSSR count). The number of hydrogen-bond acceptors (Lipinski definition) is 6. The maximum absolute atomic E-state index is 12.1. The van der Waals surface area contributed by atoms with Crippen molar-refractivity contribution in [2.45, 2.75) is 13.5 Å². The van der Waals surface area contributed by atoms with Crippen LogP contribution < -0.4 is 14.8 Å². The summed E-state index contributed by atoms with van der Waals surface area (Å²) in [4.78, 5) is 24.0. The lowest BCUT2D eigenvalue weighted by molar-refractivity contribution is -0.124. The van der Waals surface area contributed by atoms with Gasteiger partial charge in [0.2, 0.25) is 0 Å². The van der Waals surface area contributed by atoms with Gasteiger partial charge in [-0.25, -0.2) is 4.79 Å². The van der Waals surface area contributed by atoms with Gasteiger partial charge in [0.25, 0.3) is 5.91 Å². The van der Waals surface area contributed by atoms with E-state index in [2.05, 4.69) is 10.4 Å². The predicted molar refractivity (Wildman–Crippen MR) is 94.6 cm³/mol. The standard InChI is InChI=1S/C17H20ClN3O5/c1-10-15(16(18)21(2)20-10)17(23)26-9-14(22)19-8-11-5-6-12(24-3)13(7-11)25-4/h5-7H,8-9H2,1-4H3,(H,19,22). The molecule has 0 aliphatic carbocycles. The summed E-state index contributed by atoms with van der Waals surface area (Å²) in [7, 11) is 4.69. The van der Waals surface area contributed by atoms with Crippen LogP contribution in [0.15, 0.2) is 18.2 Å². The Labute approximate surface area is 156 Å². The fraction of sp³-hybridized carbons (Fsp3) is 0.353. The molecule has 0 atom stereocenters. The Hall–Kier alpha value is -2.74. The lowest BCUT2D eigenvalue weighted by Gasteiger charge is -2.10. The first-order chi connectivity index (χ1) is 12.4. The Morgan fingerprint density at radius 1 is 1.23 bits per heavy atom. The van der Waals surface area contributed by atoms with Crippen molar-refractivity contribution in [3.63, 3.8) is 0 Å². The number of rotatable bonds is 7. The second-order valence-electron chi connectivity index (χ2n) is 5.42. The van der Waals surface area contributed by atoms with Gasteiger partial charge in [-0.05, 0) is 24.6 Å². The first-order valence-corrected chi connectivity index (χ1v) is 8.09. The van der Waals surface area contributed by atoms with Crippen LogP contribution in [0.25, 0.3) is 0 Å². The first-order valence-electron chi connectivity index (χ1n) is 7.71. The number of halogens is 1. The van der Waals surface area contributed by atoms with E-state index in [9.17, 15) is 9.59 Å². The van der Waals surface area contributed by atoms with Crippen molar-refractivity contribution in [3.05, 3.63) is 40.2 Å². The number of nitrogens with zero attached hydrogens (tertiary/aromatic N) is 2. The van der Waals surface area contributed by atoms with Crippen molar-refractivity contribution >= 4 is 23.5 Å². The van der Waals surface area contributed by atoms with Crippen LogP contribution in [0.4, 0.5) is 0 Å². The molecule has 9 heteroatoms. The Bertz CT molecular complexity index is 819. The van der Waals surface area contributed by atoms with E-state index in [0.29, 0.717) is 17.2 Å². The zero-order valence-electron chi connectivity index (χ0n) is 15.0. The Morgan fingerprint density at radius 3 is 2.50 bits per heavy atom. The van der Waals surface area contributed by atoms with Crippen molar-refractivity contribution < 1.29 is 23.8 Å². The number of hydrogen-bond donors (Lipinski definition) is 1. The molecular formula is C17H20ClN3O5. The minimum atomic E-state index is -0.693. The van der Waals surface area contributed by atoms with E-state index in [1.807, 2.05) is 0 Å². The Kier molecular flexibility index (Phi) is 6.46. The predicted octanol–water partition coefficient (Wildman–Crippen LogP) is 1.87. The smallest absolute Gasteiger partial charge is 0.343 e. The number of carbonyl (C=O) groups is 2. The van der Waals surface area contributed by atoms with Crippen LogP contribution in [0, 0.1) is 6.92 Å². The van der Waals surface area contributed by atoms with E-state index in [0.717, 1.165) is 5.56 Å². The van der Waals surface area contributed by atoms with E-state index in [1.165, 1.54) is 11.8 Å². The fourth-order valence-electron chi connectivity index (χ4n) is 2.31. The molecule has 0 unspecified atom stereocenters. The number of ether oxygens (including phenoxy) is 3. The summed E-state index contributed by atoms with van der Waals surface area (Å²) < 4.78 is 16.7. The summed E-state index contributed by atoms with van der Waals surface area (Å²) in [5.41, 5.74) is 1.41. The van der Waals surface area contributed by atoms with E-state index in [1.54, 1.807) is 39.3 Å². The summed E-state index contributed by atoms with van der Waals surface area (Å²) in [5, 5.41) is 6.85. The number of amides is 1. The molecule has 0 radical (unpaired) electrons. The maximum Gasteiger partial charge on any atom is 0.343 e. The highest BCUT2D eigenvalue weighted by atomic mass is 35.5. The number of esters is 1. The average Bonchev–Trinajstić information content (AvgIpc) is 2.89. The zero-order chi connectivity index (χ0) is 19.3. The second kappa shape index (κ2) is 8.57. The van der Waals surface area contributed by atoms with Crippen LogP contribution in [0.1, 0.15) is 21.6 Å². The molecule has 1 heterocycles. The van der Waals surface area contributed by atoms with Crippen LogP contribution in [0.2, 0.25) is 5.15 Å². The third kappa shape index (κ3) is 4.45. The highest BCUT2D eigenvalue weighted by molar-refractivity contribution is 6.32. The van der Waals surface area contributed by atoms with Crippen LogP contribution in [-0.2, 0) is 23.1 Å². The minimum absolute atomic E-state index is 0.154. The summed E-state index contributed by atoms with van der Waals surface area (Å²) in [6.07, 6.45) is 0. The van der Waals surface area contributed by atoms with E-state index >= 15 is 0 Å². The molecule has 1 N–H and O–H groups in total. The first kappa shape index (κ1) is 19.6. The highest BCUT2D eigenvalue weighted by Gasteiger charge is 2.21. The van der Waals surface area contributed by atoms with Crippen LogP contribution in [-0.4, -0.2) is 42.5 Å². The van der Waals surface area contributed by atoms with Gasteiger partial charge < -0.3 is 19.5 Å².